The molecule has 0 aromatic rings. The second-order valence-corrected chi connectivity index (χ2v) is 3.16. The maximum atomic E-state index is 12.7. The van der Waals surface area contributed by atoms with Crippen LogP contribution < -0.4 is 5.32 Å². The summed E-state index contributed by atoms with van der Waals surface area (Å²) in [5, 5.41) is 2.63. The van der Waals surface area contributed by atoms with Gasteiger partial charge in [-0.2, -0.15) is 0 Å². The normalized spacial score (nSPS) is 25.5. The molecule has 1 amide bonds. The van der Waals surface area contributed by atoms with E-state index in [4.69, 9.17) is 4.74 Å². The number of alkyl carbamates (subject to hydrolysis) is 1. The molecule has 0 spiro atoms. The molecule has 0 bridgehead atoms. The average molecular weight is 199 g/mol. The van der Waals surface area contributed by atoms with E-state index in [9.17, 15) is 9.18 Å². The number of carbonyl (C=O) groups is 1. The van der Waals surface area contributed by atoms with Crippen LogP contribution in [-0.2, 0) is 4.74 Å². The van der Waals surface area contributed by atoms with Crippen LogP contribution >= 0.6 is 0 Å². The summed E-state index contributed by atoms with van der Waals surface area (Å²) in [5.41, 5.74) is 0. The summed E-state index contributed by atoms with van der Waals surface area (Å²) in [7, 11) is 0. The molecular weight excluding hydrogens is 185 g/mol. The molecule has 1 aliphatic rings. The molecule has 1 aliphatic carbocycles. The van der Waals surface area contributed by atoms with E-state index in [1.54, 1.807) is 13.0 Å². The van der Waals surface area contributed by atoms with E-state index in [1.165, 1.54) is 12.2 Å². The number of rotatable bonds is 2. The number of ether oxygens (including phenoxy) is 1. The molecule has 14 heavy (non-hydrogen) atoms. The van der Waals surface area contributed by atoms with Crippen LogP contribution in [0.2, 0.25) is 0 Å². The fourth-order valence-electron chi connectivity index (χ4n) is 1.27. The van der Waals surface area contributed by atoms with Crippen LogP contribution in [-0.4, -0.2) is 18.7 Å². The first kappa shape index (κ1) is 10.8. The van der Waals surface area contributed by atoms with Gasteiger partial charge in [0.05, 0.1) is 12.6 Å². The van der Waals surface area contributed by atoms with E-state index in [0.29, 0.717) is 6.61 Å². The van der Waals surface area contributed by atoms with Gasteiger partial charge < -0.3 is 10.1 Å². The van der Waals surface area contributed by atoms with Gasteiger partial charge in [-0.1, -0.05) is 13.0 Å². The topological polar surface area (TPSA) is 38.3 Å². The first-order chi connectivity index (χ1) is 6.63. The minimum absolute atomic E-state index is 0.0515. The molecule has 3 nitrogen and oxygen atoms in total. The number of nitrogens with one attached hydrogen (secondary N) is 1. The molecule has 1 N–H and O–H groups in total. The number of hydrogen-bond acceptors (Lipinski definition) is 2. The van der Waals surface area contributed by atoms with Gasteiger partial charge in [-0.05, 0) is 19.1 Å². The van der Waals surface area contributed by atoms with E-state index < -0.39 is 6.09 Å². The zero-order valence-corrected chi connectivity index (χ0v) is 8.29. The fourth-order valence-corrected chi connectivity index (χ4v) is 1.27. The summed E-state index contributed by atoms with van der Waals surface area (Å²) in [4.78, 5) is 11.1. The molecule has 0 radical (unpaired) electrons. The molecule has 0 aromatic heterocycles. The first-order valence-corrected chi connectivity index (χ1v) is 4.62. The van der Waals surface area contributed by atoms with Crippen molar-refractivity contribution in [1.29, 1.82) is 0 Å². The minimum Gasteiger partial charge on any atom is -0.450 e. The highest BCUT2D eigenvalue weighted by molar-refractivity contribution is 5.68. The van der Waals surface area contributed by atoms with Crippen molar-refractivity contribution in [3.63, 3.8) is 0 Å². The number of halogens is 1. The van der Waals surface area contributed by atoms with Crippen LogP contribution in [0.1, 0.15) is 13.8 Å². The lowest BCUT2D eigenvalue weighted by Gasteiger charge is -2.21. The van der Waals surface area contributed by atoms with Crippen molar-refractivity contribution in [3.8, 4) is 0 Å². The third-order valence-electron chi connectivity index (χ3n) is 2.01. The summed E-state index contributed by atoms with van der Waals surface area (Å²) < 4.78 is 17.4. The van der Waals surface area contributed by atoms with Gasteiger partial charge in [0.15, 0.2) is 0 Å². The average Bonchev–Trinajstić information content (AvgIpc) is 2.10. The Labute approximate surface area is 82.6 Å². The van der Waals surface area contributed by atoms with Crippen molar-refractivity contribution in [2.45, 2.75) is 19.9 Å². The van der Waals surface area contributed by atoms with Crippen LogP contribution in [0.4, 0.5) is 9.18 Å². The molecule has 1 rings (SSSR count). The van der Waals surface area contributed by atoms with Crippen LogP contribution in [0.15, 0.2) is 24.1 Å². The molecule has 2 atom stereocenters. The second-order valence-electron chi connectivity index (χ2n) is 3.16. The lowest BCUT2D eigenvalue weighted by atomic mass is 9.97. The number of hydrogen-bond donors (Lipinski definition) is 1. The molecule has 0 saturated heterocycles. The molecule has 78 valence electrons. The molecule has 0 saturated carbocycles. The maximum absolute atomic E-state index is 12.7. The largest absolute Gasteiger partial charge is 0.450 e. The van der Waals surface area contributed by atoms with Crippen molar-refractivity contribution in [2.24, 2.45) is 5.92 Å². The quantitative estimate of drug-likeness (QED) is 0.740. The van der Waals surface area contributed by atoms with Crippen molar-refractivity contribution in [2.75, 3.05) is 6.61 Å². The van der Waals surface area contributed by atoms with Crippen molar-refractivity contribution < 1.29 is 13.9 Å². The van der Waals surface area contributed by atoms with Gasteiger partial charge in [0.1, 0.15) is 5.83 Å². The Bertz CT molecular complexity index is 273. The third-order valence-corrected chi connectivity index (χ3v) is 2.01. The summed E-state index contributed by atoms with van der Waals surface area (Å²) in [6, 6.07) is -0.187. The third kappa shape index (κ3) is 2.87. The standard InChI is InChI=1S/C10H14FNO2/c1-3-14-10(13)12-9-5-4-8(11)6-7(9)2/h4-7,9H,3H2,1-2H3,(H,12,13). The Morgan fingerprint density at radius 1 is 1.71 bits per heavy atom. The van der Waals surface area contributed by atoms with E-state index >= 15 is 0 Å². The lowest BCUT2D eigenvalue weighted by molar-refractivity contribution is 0.148. The zero-order chi connectivity index (χ0) is 10.6. The van der Waals surface area contributed by atoms with E-state index in [-0.39, 0.29) is 17.8 Å². The number of carbonyl (C=O) groups excluding carboxylic acids is 1. The number of amides is 1. The van der Waals surface area contributed by atoms with Gasteiger partial charge in [-0.3, -0.25) is 0 Å². The predicted octanol–water partition coefficient (Wildman–Crippen LogP) is 2.16. The molecule has 0 aliphatic heterocycles. The second kappa shape index (κ2) is 4.79. The van der Waals surface area contributed by atoms with Crippen molar-refractivity contribution in [3.05, 3.63) is 24.1 Å². The van der Waals surface area contributed by atoms with Gasteiger partial charge in [0.2, 0.25) is 0 Å². The van der Waals surface area contributed by atoms with Crippen LogP contribution in [0.25, 0.3) is 0 Å². The number of allylic oxidation sites excluding steroid dienone is 2. The molecule has 2 unspecified atom stereocenters. The summed E-state index contributed by atoms with van der Waals surface area (Å²) >= 11 is 0. The highest BCUT2D eigenvalue weighted by Crippen LogP contribution is 2.17. The fraction of sp³-hybridized carbons (Fsp3) is 0.500. The highest BCUT2D eigenvalue weighted by Gasteiger charge is 2.19. The SMILES string of the molecule is CCOC(=O)NC1C=CC(F)=CC1C. The predicted molar refractivity (Wildman–Crippen MR) is 51.4 cm³/mol. The Morgan fingerprint density at radius 2 is 2.43 bits per heavy atom. The highest BCUT2D eigenvalue weighted by atomic mass is 19.1. The van der Waals surface area contributed by atoms with Crippen molar-refractivity contribution in [1.82, 2.24) is 5.32 Å². The zero-order valence-electron chi connectivity index (χ0n) is 8.29. The Kier molecular flexibility index (Phi) is 3.68. The molecule has 4 heteroatoms. The van der Waals surface area contributed by atoms with Crippen molar-refractivity contribution >= 4 is 6.09 Å². The van der Waals surface area contributed by atoms with E-state index in [2.05, 4.69) is 5.32 Å². The van der Waals surface area contributed by atoms with Gasteiger partial charge >= 0.3 is 6.09 Å². The summed E-state index contributed by atoms with van der Waals surface area (Å²) in [6.45, 7) is 3.90. The van der Waals surface area contributed by atoms with Crippen LogP contribution in [0, 0.1) is 5.92 Å². The summed E-state index contributed by atoms with van der Waals surface area (Å²) in [5.74, 6) is -0.316. The van der Waals surface area contributed by atoms with Gasteiger partial charge in [-0.15, -0.1) is 0 Å². The summed E-state index contributed by atoms with van der Waals surface area (Å²) in [6.07, 6.45) is 3.97. The van der Waals surface area contributed by atoms with Crippen LogP contribution in [0.5, 0.6) is 0 Å². The van der Waals surface area contributed by atoms with Gasteiger partial charge in [0, 0.05) is 5.92 Å². The Hall–Kier alpha value is -1.32. The molecule has 0 aromatic carbocycles. The minimum atomic E-state index is -0.468. The lowest BCUT2D eigenvalue weighted by Crippen LogP contribution is -2.38. The first-order valence-electron chi connectivity index (χ1n) is 4.62. The Morgan fingerprint density at radius 3 is 3.00 bits per heavy atom. The van der Waals surface area contributed by atoms with E-state index in [1.807, 2.05) is 6.92 Å². The van der Waals surface area contributed by atoms with Gasteiger partial charge in [-0.25, -0.2) is 9.18 Å². The molecule has 0 fully saturated rings. The molecular formula is C10H14FNO2. The van der Waals surface area contributed by atoms with Gasteiger partial charge in [0.25, 0.3) is 0 Å². The smallest absolute Gasteiger partial charge is 0.407 e. The maximum Gasteiger partial charge on any atom is 0.407 e. The van der Waals surface area contributed by atoms with Crippen LogP contribution in [0.3, 0.4) is 0 Å². The molecule has 0 heterocycles. The monoisotopic (exact) mass is 199 g/mol. The Balaban J connectivity index is 2.47. The van der Waals surface area contributed by atoms with E-state index in [0.717, 1.165) is 0 Å².